The van der Waals surface area contributed by atoms with Crippen LogP contribution in [0.3, 0.4) is 0 Å². The molecule has 2 aliphatic rings. The molecule has 2 N–H and O–H groups in total. The molecule has 0 unspecified atom stereocenters. The van der Waals surface area contributed by atoms with Crippen LogP contribution in [0.15, 0.2) is 91.0 Å². The minimum atomic E-state index is -0.744. The minimum Gasteiger partial charge on any atom is -0.497 e. The summed E-state index contributed by atoms with van der Waals surface area (Å²) >= 11 is 0. The molecule has 39 heavy (non-hydrogen) atoms. The van der Waals surface area contributed by atoms with Gasteiger partial charge in [-0.05, 0) is 54.1 Å². The Morgan fingerprint density at radius 1 is 0.974 bits per heavy atom. The van der Waals surface area contributed by atoms with Crippen LogP contribution in [0.2, 0.25) is 0 Å². The molecule has 196 valence electrons. The van der Waals surface area contributed by atoms with E-state index in [1.165, 1.54) is 5.01 Å². The molecule has 2 amide bonds. The minimum absolute atomic E-state index is 0.0976. The molecule has 0 bridgehead atoms. The highest BCUT2D eigenvalue weighted by Crippen LogP contribution is 2.37. The SMILES string of the molecule is COc1cccc(COc2ccccc2[C@H]2Nc3ccccc3C(=O)N2NC(=O)c2ccc3c(c2)OCO3)c1. The van der Waals surface area contributed by atoms with Crippen LogP contribution in [0.5, 0.6) is 23.0 Å². The Kier molecular flexibility index (Phi) is 6.38. The van der Waals surface area contributed by atoms with Crippen LogP contribution in [0.1, 0.15) is 38.0 Å². The third-order valence-corrected chi connectivity index (χ3v) is 6.53. The fourth-order valence-corrected chi connectivity index (χ4v) is 4.56. The number of para-hydroxylation sites is 2. The smallest absolute Gasteiger partial charge is 0.276 e. The Hall–Kier alpha value is -5.18. The molecule has 2 heterocycles. The zero-order valence-corrected chi connectivity index (χ0v) is 21.0. The fraction of sp³-hybridized carbons (Fsp3) is 0.133. The molecular weight excluding hydrogens is 498 g/mol. The number of nitrogens with one attached hydrogen (secondary N) is 2. The summed E-state index contributed by atoms with van der Waals surface area (Å²) in [5.74, 6) is 1.51. The molecule has 0 aromatic heterocycles. The first-order chi connectivity index (χ1) is 19.1. The second-order valence-electron chi connectivity index (χ2n) is 8.95. The van der Waals surface area contributed by atoms with E-state index in [-0.39, 0.29) is 19.3 Å². The van der Waals surface area contributed by atoms with Crippen molar-refractivity contribution in [1.29, 1.82) is 0 Å². The summed E-state index contributed by atoms with van der Waals surface area (Å²) < 4.78 is 22.3. The van der Waals surface area contributed by atoms with Crippen molar-refractivity contribution in [3.63, 3.8) is 0 Å². The number of hydrazine groups is 1. The second kappa shape index (κ2) is 10.3. The topological polar surface area (TPSA) is 98.4 Å². The molecule has 0 radical (unpaired) electrons. The van der Waals surface area contributed by atoms with Crippen LogP contribution in [0, 0.1) is 0 Å². The molecular formula is C30H25N3O6. The van der Waals surface area contributed by atoms with Crippen molar-refractivity contribution < 1.29 is 28.5 Å². The molecule has 4 aromatic rings. The van der Waals surface area contributed by atoms with Crippen molar-refractivity contribution in [3.05, 3.63) is 113 Å². The monoisotopic (exact) mass is 523 g/mol. The van der Waals surface area contributed by atoms with Crippen LogP contribution in [0.25, 0.3) is 0 Å². The van der Waals surface area contributed by atoms with E-state index < -0.39 is 12.1 Å². The van der Waals surface area contributed by atoms with Crippen molar-refractivity contribution in [2.45, 2.75) is 12.8 Å². The number of methoxy groups -OCH3 is 1. The molecule has 9 nitrogen and oxygen atoms in total. The van der Waals surface area contributed by atoms with E-state index in [1.807, 2.05) is 60.7 Å². The van der Waals surface area contributed by atoms with E-state index in [0.29, 0.717) is 39.6 Å². The summed E-state index contributed by atoms with van der Waals surface area (Å²) in [6.45, 7) is 0.384. The maximum absolute atomic E-state index is 13.7. The van der Waals surface area contributed by atoms with Gasteiger partial charge in [0.25, 0.3) is 11.8 Å². The number of ether oxygens (including phenoxy) is 4. The van der Waals surface area contributed by atoms with Gasteiger partial charge in [0.2, 0.25) is 6.79 Å². The van der Waals surface area contributed by atoms with E-state index >= 15 is 0 Å². The van der Waals surface area contributed by atoms with Gasteiger partial charge in [-0.2, -0.15) is 0 Å². The van der Waals surface area contributed by atoms with E-state index in [4.69, 9.17) is 18.9 Å². The molecule has 9 heteroatoms. The van der Waals surface area contributed by atoms with Crippen LogP contribution >= 0.6 is 0 Å². The highest BCUT2D eigenvalue weighted by Gasteiger charge is 2.36. The highest BCUT2D eigenvalue weighted by molar-refractivity contribution is 6.04. The van der Waals surface area contributed by atoms with Gasteiger partial charge in [0.05, 0.1) is 12.7 Å². The maximum atomic E-state index is 13.7. The number of nitrogens with zero attached hydrogens (tertiary/aromatic N) is 1. The van der Waals surface area contributed by atoms with Crippen molar-refractivity contribution in [3.8, 4) is 23.0 Å². The van der Waals surface area contributed by atoms with Crippen molar-refractivity contribution >= 4 is 17.5 Å². The van der Waals surface area contributed by atoms with Gasteiger partial charge in [0, 0.05) is 16.8 Å². The predicted octanol–water partition coefficient (Wildman–Crippen LogP) is 4.91. The molecule has 0 aliphatic carbocycles. The van der Waals surface area contributed by atoms with Gasteiger partial charge in [-0.25, -0.2) is 5.01 Å². The van der Waals surface area contributed by atoms with Crippen LogP contribution in [-0.4, -0.2) is 30.7 Å². The van der Waals surface area contributed by atoms with Gasteiger partial charge in [-0.1, -0.05) is 42.5 Å². The fourth-order valence-electron chi connectivity index (χ4n) is 4.56. The molecule has 0 spiro atoms. The van der Waals surface area contributed by atoms with E-state index in [0.717, 1.165) is 11.3 Å². The van der Waals surface area contributed by atoms with E-state index in [9.17, 15) is 9.59 Å². The number of hydrogen-bond acceptors (Lipinski definition) is 7. The van der Waals surface area contributed by atoms with Gasteiger partial charge < -0.3 is 24.3 Å². The quantitative estimate of drug-likeness (QED) is 0.355. The number of carbonyl (C=O) groups is 2. The van der Waals surface area contributed by atoms with Crippen molar-refractivity contribution in [2.24, 2.45) is 0 Å². The molecule has 0 saturated carbocycles. The van der Waals surface area contributed by atoms with Crippen LogP contribution in [-0.2, 0) is 6.61 Å². The van der Waals surface area contributed by atoms with Crippen LogP contribution in [0.4, 0.5) is 5.69 Å². The standard InChI is InChI=1S/C30H25N3O6/c1-36-21-8-6-7-19(15-21)17-37-25-12-5-3-10-23(25)28-31-24-11-4-2-9-22(24)30(35)33(28)32-29(34)20-13-14-26-27(16-20)39-18-38-26/h2-16,28,31H,17-18H2,1H3,(H,32,34)/t28-/m0/s1. The molecule has 4 aromatic carbocycles. The summed E-state index contributed by atoms with van der Waals surface area (Å²) in [4.78, 5) is 27.0. The lowest BCUT2D eigenvalue weighted by Gasteiger charge is -2.38. The van der Waals surface area contributed by atoms with E-state index in [1.54, 1.807) is 37.4 Å². The van der Waals surface area contributed by atoms with Crippen LogP contribution < -0.4 is 29.7 Å². The third-order valence-electron chi connectivity index (χ3n) is 6.53. The zero-order valence-electron chi connectivity index (χ0n) is 21.0. The number of anilines is 1. The number of hydrogen-bond donors (Lipinski definition) is 2. The zero-order chi connectivity index (χ0) is 26.8. The Balaban J connectivity index is 1.31. The third kappa shape index (κ3) is 4.77. The van der Waals surface area contributed by atoms with Gasteiger partial charge in [0.1, 0.15) is 18.1 Å². The van der Waals surface area contributed by atoms with Gasteiger partial charge in [-0.15, -0.1) is 0 Å². The first-order valence-corrected chi connectivity index (χ1v) is 12.3. The maximum Gasteiger partial charge on any atom is 0.276 e. The average molecular weight is 524 g/mol. The highest BCUT2D eigenvalue weighted by atomic mass is 16.7. The summed E-state index contributed by atoms with van der Waals surface area (Å²) in [5, 5.41) is 4.69. The summed E-state index contributed by atoms with van der Waals surface area (Å²) in [6, 6.07) is 27.1. The lowest BCUT2D eigenvalue weighted by atomic mass is 10.0. The number of rotatable bonds is 7. The first-order valence-electron chi connectivity index (χ1n) is 12.3. The molecule has 0 saturated heterocycles. The lowest BCUT2D eigenvalue weighted by molar-refractivity contribution is 0.0487. The Morgan fingerprint density at radius 2 is 1.79 bits per heavy atom. The molecule has 2 aliphatic heterocycles. The number of carbonyl (C=O) groups excluding carboxylic acids is 2. The number of amides is 2. The largest absolute Gasteiger partial charge is 0.497 e. The Morgan fingerprint density at radius 3 is 2.69 bits per heavy atom. The van der Waals surface area contributed by atoms with Crippen molar-refractivity contribution in [1.82, 2.24) is 10.4 Å². The summed E-state index contributed by atoms with van der Waals surface area (Å²) in [6.07, 6.45) is -0.744. The Bertz CT molecular complexity index is 1560. The Labute approximate surface area is 224 Å². The molecule has 1 atom stereocenters. The van der Waals surface area contributed by atoms with Gasteiger partial charge in [0.15, 0.2) is 17.7 Å². The second-order valence-corrected chi connectivity index (χ2v) is 8.95. The average Bonchev–Trinajstić information content (AvgIpc) is 3.46. The predicted molar refractivity (Wildman–Crippen MR) is 143 cm³/mol. The number of benzene rings is 4. The van der Waals surface area contributed by atoms with Gasteiger partial charge in [-0.3, -0.25) is 15.0 Å². The summed E-state index contributed by atoms with van der Waals surface area (Å²) in [5.41, 5.74) is 5.82. The van der Waals surface area contributed by atoms with E-state index in [2.05, 4.69) is 10.7 Å². The number of fused-ring (bicyclic) bond motifs is 2. The normalized spacial score (nSPS) is 15.3. The van der Waals surface area contributed by atoms with Gasteiger partial charge >= 0.3 is 0 Å². The molecule has 6 rings (SSSR count). The lowest BCUT2D eigenvalue weighted by Crippen LogP contribution is -2.52. The molecule has 0 fully saturated rings. The summed E-state index contributed by atoms with van der Waals surface area (Å²) in [7, 11) is 1.62. The first kappa shape index (κ1) is 24.2. The van der Waals surface area contributed by atoms with Crippen molar-refractivity contribution in [2.75, 3.05) is 19.2 Å².